The molecule has 0 spiro atoms. The molecule has 1 aromatic rings. The molecule has 0 bridgehead atoms. The van der Waals surface area contributed by atoms with Crippen molar-refractivity contribution in [2.75, 3.05) is 32.8 Å². The lowest BCUT2D eigenvalue weighted by Gasteiger charge is -2.18. The molecule has 120 valence electrons. The van der Waals surface area contributed by atoms with Gasteiger partial charge in [0, 0.05) is 28.3 Å². The van der Waals surface area contributed by atoms with E-state index < -0.39 is 10.8 Å². The predicted molar refractivity (Wildman–Crippen MR) is 88.7 cm³/mol. The van der Waals surface area contributed by atoms with Gasteiger partial charge < -0.3 is 14.8 Å². The average molecular weight is 313 g/mol. The fourth-order valence-electron chi connectivity index (χ4n) is 2.05. The lowest BCUT2D eigenvalue weighted by atomic mass is 10.1. The Morgan fingerprint density at radius 3 is 2.38 bits per heavy atom. The maximum Gasteiger partial charge on any atom is 0.161 e. The Bertz CT molecular complexity index is 463. The highest BCUT2D eigenvalue weighted by atomic mass is 32.2. The molecule has 1 rings (SSSR count). The molecular weight excluding hydrogens is 286 g/mol. The number of benzene rings is 1. The molecule has 2 unspecified atom stereocenters. The summed E-state index contributed by atoms with van der Waals surface area (Å²) >= 11 is 0. The summed E-state index contributed by atoms with van der Waals surface area (Å²) in [4.78, 5) is 0. The Morgan fingerprint density at radius 2 is 1.86 bits per heavy atom. The lowest BCUT2D eigenvalue weighted by molar-refractivity contribution is 0.354. The first-order chi connectivity index (χ1) is 10.0. The molecule has 4 nitrogen and oxygen atoms in total. The highest BCUT2D eigenvalue weighted by molar-refractivity contribution is 7.85. The van der Waals surface area contributed by atoms with Gasteiger partial charge in [-0.05, 0) is 37.1 Å². The van der Waals surface area contributed by atoms with Crippen LogP contribution in [-0.4, -0.2) is 37.0 Å². The van der Waals surface area contributed by atoms with Crippen LogP contribution in [0.4, 0.5) is 0 Å². The zero-order valence-electron chi connectivity index (χ0n) is 13.6. The standard InChI is InChI=1S/C16H27NO3S/c1-12(2)8-9-21(18)11-14(17-3)13-6-7-15(19-4)16(10-13)20-5/h6-7,10,12,14,17H,8-9,11H2,1-5H3. The number of methoxy groups -OCH3 is 2. The van der Waals surface area contributed by atoms with Gasteiger partial charge in [-0.15, -0.1) is 0 Å². The Kier molecular flexibility index (Phi) is 7.75. The number of rotatable bonds is 9. The van der Waals surface area contributed by atoms with E-state index in [0.717, 1.165) is 17.7 Å². The number of hydrogen-bond acceptors (Lipinski definition) is 4. The van der Waals surface area contributed by atoms with Gasteiger partial charge in [-0.3, -0.25) is 4.21 Å². The summed E-state index contributed by atoms with van der Waals surface area (Å²) in [6.45, 7) is 4.31. The van der Waals surface area contributed by atoms with E-state index >= 15 is 0 Å². The molecule has 1 aromatic carbocycles. The molecule has 0 aliphatic heterocycles. The second kappa shape index (κ2) is 9.05. The lowest BCUT2D eigenvalue weighted by Crippen LogP contribution is -2.24. The molecule has 0 saturated carbocycles. The molecule has 0 aliphatic rings. The van der Waals surface area contributed by atoms with Gasteiger partial charge in [-0.25, -0.2) is 0 Å². The fraction of sp³-hybridized carbons (Fsp3) is 0.625. The van der Waals surface area contributed by atoms with Crippen LogP contribution in [-0.2, 0) is 10.8 Å². The van der Waals surface area contributed by atoms with Gasteiger partial charge in [0.05, 0.1) is 14.2 Å². The van der Waals surface area contributed by atoms with Crippen LogP contribution >= 0.6 is 0 Å². The summed E-state index contributed by atoms with van der Waals surface area (Å²) < 4.78 is 22.8. The van der Waals surface area contributed by atoms with Crippen LogP contribution in [0.1, 0.15) is 31.9 Å². The highest BCUT2D eigenvalue weighted by Gasteiger charge is 2.16. The predicted octanol–water partition coefficient (Wildman–Crippen LogP) is 2.76. The molecule has 0 aliphatic carbocycles. The van der Waals surface area contributed by atoms with E-state index in [1.54, 1.807) is 14.2 Å². The summed E-state index contributed by atoms with van der Waals surface area (Å²) in [7, 11) is 4.31. The van der Waals surface area contributed by atoms with Crippen molar-refractivity contribution < 1.29 is 13.7 Å². The molecule has 0 radical (unpaired) electrons. The van der Waals surface area contributed by atoms with Crippen molar-refractivity contribution in [3.63, 3.8) is 0 Å². The highest BCUT2D eigenvalue weighted by Crippen LogP contribution is 2.30. The third-order valence-electron chi connectivity index (χ3n) is 3.43. The molecular formula is C16H27NO3S. The van der Waals surface area contributed by atoms with Crippen molar-refractivity contribution in [2.45, 2.75) is 26.3 Å². The van der Waals surface area contributed by atoms with Gasteiger partial charge in [-0.2, -0.15) is 0 Å². The molecule has 1 N–H and O–H groups in total. The van der Waals surface area contributed by atoms with Crippen LogP contribution in [0.5, 0.6) is 11.5 Å². The maximum absolute atomic E-state index is 12.2. The van der Waals surface area contributed by atoms with Crippen molar-refractivity contribution in [3.05, 3.63) is 23.8 Å². The minimum absolute atomic E-state index is 0.0535. The van der Waals surface area contributed by atoms with E-state index in [1.165, 1.54) is 0 Å². The quantitative estimate of drug-likeness (QED) is 0.761. The van der Waals surface area contributed by atoms with E-state index in [-0.39, 0.29) is 6.04 Å². The molecule has 5 heteroatoms. The summed E-state index contributed by atoms with van der Waals surface area (Å²) in [5.74, 6) is 3.35. The number of nitrogens with one attached hydrogen (secondary N) is 1. The summed E-state index contributed by atoms with van der Waals surface area (Å²) in [6.07, 6.45) is 0.995. The van der Waals surface area contributed by atoms with E-state index in [0.29, 0.717) is 23.2 Å². The molecule has 0 aromatic heterocycles. The smallest absolute Gasteiger partial charge is 0.161 e. The Balaban J connectivity index is 2.78. The second-order valence-corrected chi connectivity index (χ2v) is 7.07. The fourth-order valence-corrected chi connectivity index (χ4v) is 3.68. The van der Waals surface area contributed by atoms with Gasteiger partial charge in [0.1, 0.15) is 0 Å². The first-order valence-electron chi connectivity index (χ1n) is 7.26. The minimum Gasteiger partial charge on any atom is -0.493 e. The normalized spacial score (nSPS) is 14.0. The molecule has 0 fully saturated rings. The summed E-state index contributed by atoms with van der Waals surface area (Å²) in [6, 6.07) is 5.87. The third-order valence-corrected chi connectivity index (χ3v) is 4.83. The zero-order chi connectivity index (χ0) is 15.8. The first-order valence-corrected chi connectivity index (χ1v) is 8.74. The Morgan fingerprint density at radius 1 is 1.19 bits per heavy atom. The molecule has 0 amide bonds. The van der Waals surface area contributed by atoms with E-state index in [1.807, 2.05) is 25.2 Å². The van der Waals surface area contributed by atoms with Crippen molar-refractivity contribution in [2.24, 2.45) is 5.92 Å². The van der Waals surface area contributed by atoms with Crippen LogP contribution in [0.15, 0.2) is 18.2 Å². The van der Waals surface area contributed by atoms with E-state index in [2.05, 4.69) is 19.2 Å². The van der Waals surface area contributed by atoms with Crippen molar-refractivity contribution in [1.29, 1.82) is 0 Å². The van der Waals surface area contributed by atoms with Crippen LogP contribution in [0, 0.1) is 5.92 Å². The monoisotopic (exact) mass is 313 g/mol. The molecule has 0 saturated heterocycles. The average Bonchev–Trinajstić information content (AvgIpc) is 2.49. The van der Waals surface area contributed by atoms with Crippen LogP contribution in [0.3, 0.4) is 0 Å². The van der Waals surface area contributed by atoms with Crippen LogP contribution in [0.25, 0.3) is 0 Å². The molecule has 21 heavy (non-hydrogen) atoms. The van der Waals surface area contributed by atoms with Crippen molar-refractivity contribution >= 4 is 10.8 Å². The zero-order valence-corrected chi connectivity index (χ0v) is 14.5. The minimum atomic E-state index is -0.821. The number of ether oxygens (including phenoxy) is 2. The topological polar surface area (TPSA) is 47.6 Å². The summed E-state index contributed by atoms with van der Waals surface area (Å²) in [5, 5.41) is 3.24. The Hall–Kier alpha value is -1.07. The van der Waals surface area contributed by atoms with Gasteiger partial charge in [0.25, 0.3) is 0 Å². The van der Waals surface area contributed by atoms with Gasteiger partial charge >= 0.3 is 0 Å². The SMILES string of the molecule is CNC(CS(=O)CCC(C)C)c1ccc(OC)c(OC)c1. The number of hydrogen-bond donors (Lipinski definition) is 1. The molecule has 2 atom stereocenters. The van der Waals surface area contributed by atoms with Gasteiger partial charge in [0.15, 0.2) is 11.5 Å². The van der Waals surface area contributed by atoms with E-state index in [9.17, 15) is 4.21 Å². The summed E-state index contributed by atoms with van der Waals surface area (Å²) in [5.41, 5.74) is 1.06. The van der Waals surface area contributed by atoms with Crippen LogP contribution < -0.4 is 14.8 Å². The Labute approximate surface area is 130 Å². The largest absolute Gasteiger partial charge is 0.493 e. The maximum atomic E-state index is 12.2. The van der Waals surface area contributed by atoms with Crippen molar-refractivity contribution in [3.8, 4) is 11.5 Å². The van der Waals surface area contributed by atoms with Gasteiger partial charge in [0.2, 0.25) is 0 Å². The van der Waals surface area contributed by atoms with Gasteiger partial charge in [-0.1, -0.05) is 19.9 Å². The third kappa shape index (κ3) is 5.67. The van der Waals surface area contributed by atoms with Crippen molar-refractivity contribution in [1.82, 2.24) is 5.32 Å². The van der Waals surface area contributed by atoms with E-state index in [4.69, 9.17) is 9.47 Å². The molecule has 0 heterocycles. The first kappa shape index (κ1) is 18.0. The second-order valence-electron chi connectivity index (χ2n) is 5.45. The van der Waals surface area contributed by atoms with Crippen LogP contribution in [0.2, 0.25) is 0 Å².